The van der Waals surface area contributed by atoms with Gasteiger partial charge in [0.25, 0.3) is 0 Å². The maximum absolute atomic E-state index is 12.4. The number of aliphatic hydroxyl groups is 2. The van der Waals surface area contributed by atoms with Gasteiger partial charge < -0.3 is 20.3 Å². The second kappa shape index (κ2) is 60.6. The molecule has 0 fully saturated rings. The number of carbonyl (C=O) groups excluding carboxylic acids is 2. The normalized spacial score (nSPS) is 12.8. The molecule has 0 rings (SSSR count). The van der Waals surface area contributed by atoms with Crippen LogP contribution in [0, 0.1) is 0 Å². The highest BCUT2D eigenvalue weighted by molar-refractivity contribution is 5.76. The Morgan fingerprint density at radius 3 is 1.11 bits per heavy atom. The fourth-order valence-electron chi connectivity index (χ4n) is 9.78. The van der Waals surface area contributed by atoms with Crippen LogP contribution in [0.3, 0.4) is 0 Å². The number of nitrogens with one attached hydrogen (secondary N) is 1. The van der Waals surface area contributed by atoms with Crippen LogP contribution in [0.1, 0.15) is 341 Å². The Balaban J connectivity index is 3.36. The molecule has 0 aliphatic heterocycles. The summed E-state index contributed by atoms with van der Waals surface area (Å²) in [6.45, 7) is 4.92. The first kappa shape index (κ1) is 69.1. The van der Waals surface area contributed by atoms with Gasteiger partial charge in [0.05, 0.1) is 25.4 Å². The molecule has 0 saturated heterocycles. The van der Waals surface area contributed by atoms with Crippen LogP contribution < -0.4 is 5.32 Å². The van der Waals surface area contributed by atoms with Gasteiger partial charge in [0, 0.05) is 12.8 Å². The Kier molecular flexibility index (Phi) is 59.0. The molecule has 0 aromatic carbocycles. The van der Waals surface area contributed by atoms with Crippen LogP contribution in [0.2, 0.25) is 0 Å². The van der Waals surface area contributed by atoms with Crippen molar-refractivity contribution in [3.05, 3.63) is 36.5 Å². The average molecular weight is 999 g/mol. The van der Waals surface area contributed by atoms with Crippen LogP contribution in [0.4, 0.5) is 0 Å². The molecule has 3 N–H and O–H groups in total. The molecular formula is C65H123NO5. The van der Waals surface area contributed by atoms with Gasteiger partial charge in [-0.3, -0.25) is 9.59 Å². The molecule has 418 valence electrons. The van der Waals surface area contributed by atoms with Gasteiger partial charge in [0.15, 0.2) is 0 Å². The second-order valence-corrected chi connectivity index (χ2v) is 21.7. The molecule has 0 saturated carbocycles. The molecule has 1 amide bonds. The minimum atomic E-state index is -0.664. The molecule has 0 aromatic heterocycles. The van der Waals surface area contributed by atoms with Gasteiger partial charge in [-0.25, -0.2) is 0 Å². The van der Waals surface area contributed by atoms with E-state index in [2.05, 4.69) is 55.6 Å². The lowest BCUT2D eigenvalue weighted by Gasteiger charge is -2.22. The molecule has 0 radical (unpaired) electrons. The number of carbonyl (C=O) groups is 2. The van der Waals surface area contributed by atoms with Crippen LogP contribution in [0.25, 0.3) is 0 Å². The molecule has 0 aromatic rings. The lowest BCUT2D eigenvalue weighted by molar-refractivity contribution is -0.143. The van der Waals surface area contributed by atoms with Crippen LogP contribution in [0.15, 0.2) is 36.5 Å². The van der Waals surface area contributed by atoms with Crippen molar-refractivity contribution in [3.8, 4) is 0 Å². The van der Waals surface area contributed by atoms with E-state index in [0.717, 1.165) is 51.4 Å². The third kappa shape index (κ3) is 57.2. The van der Waals surface area contributed by atoms with E-state index < -0.39 is 12.1 Å². The summed E-state index contributed by atoms with van der Waals surface area (Å²) in [6, 6.07) is -0.542. The van der Waals surface area contributed by atoms with E-state index in [1.807, 2.05) is 0 Å². The van der Waals surface area contributed by atoms with Gasteiger partial charge in [0.1, 0.15) is 0 Å². The lowest BCUT2D eigenvalue weighted by Crippen LogP contribution is -2.45. The molecule has 71 heavy (non-hydrogen) atoms. The van der Waals surface area contributed by atoms with E-state index in [-0.39, 0.29) is 18.5 Å². The van der Waals surface area contributed by atoms with Gasteiger partial charge >= 0.3 is 5.97 Å². The predicted octanol–water partition coefficient (Wildman–Crippen LogP) is 20.0. The molecule has 2 atom stereocenters. The van der Waals surface area contributed by atoms with Crippen molar-refractivity contribution in [1.82, 2.24) is 5.32 Å². The summed E-state index contributed by atoms with van der Waals surface area (Å²) >= 11 is 0. The zero-order valence-electron chi connectivity index (χ0n) is 47.7. The number of aliphatic hydroxyl groups excluding tert-OH is 2. The summed E-state index contributed by atoms with van der Waals surface area (Å²) in [6.07, 6.45) is 76.0. The Morgan fingerprint density at radius 1 is 0.394 bits per heavy atom. The summed E-state index contributed by atoms with van der Waals surface area (Å²) in [5, 5.41) is 23.2. The molecule has 0 heterocycles. The zero-order valence-corrected chi connectivity index (χ0v) is 47.7. The first-order valence-corrected chi connectivity index (χ1v) is 31.7. The SMILES string of the molecule is CCCCC/C=C\C/C=C\CCCCCCCCCCCC(=O)OCCCCCCCCCCCCCC/C=C\CCCCCCCCCCCC(=O)NC(CO)C(O)CCCCCCCCCCCC. The van der Waals surface area contributed by atoms with Crippen molar-refractivity contribution in [2.75, 3.05) is 13.2 Å². The standard InChI is InChI=1S/C65H123NO5/c1-3-5-7-9-11-13-15-16-17-18-26-30-33-36-39-43-47-51-55-59-65(70)71-60-56-52-48-44-40-37-34-31-28-25-23-21-19-20-22-24-27-29-32-35-38-42-46-50-54-58-64(69)66-62(61-67)63(68)57-53-49-45-41-14-12-10-8-6-4-2/h11,13,16-17,20,22,62-63,67-68H,3-10,12,14-15,18-19,21,23-61H2,1-2H3,(H,66,69)/b13-11-,17-16-,22-20-. The summed E-state index contributed by atoms with van der Waals surface area (Å²) in [5.74, 6) is -0.0295. The number of rotatable bonds is 59. The molecule has 2 unspecified atom stereocenters. The van der Waals surface area contributed by atoms with E-state index in [1.54, 1.807) is 0 Å². The Labute approximate surface area is 443 Å². The number of hydrogen-bond donors (Lipinski definition) is 3. The molecule has 6 nitrogen and oxygen atoms in total. The van der Waals surface area contributed by atoms with Crippen LogP contribution in [0.5, 0.6) is 0 Å². The first-order valence-electron chi connectivity index (χ1n) is 31.7. The van der Waals surface area contributed by atoms with Crippen molar-refractivity contribution >= 4 is 11.9 Å². The lowest BCUT2D eigenvalue weighted by atomic mass is 10.0. The van der Waals surface area contributed by atoms with Gasteiger partial charge in [0.2, 0.25) is 5.91 Å². The minimum Gasteiger partial charge on any atom is -0.466 e. The van der Waals surface area contributed by atoms with Crippen LogP contribution >= 0.6 is 0 Å². The Morgan fingerprint density at radius 2 is 0.704 bits per heavy atom. The van der Waals surface area contributed by atoms with Gasteiger partial charge in [-0.05, 0) is 83.5 Å². The Hall–Kier alpha value is -1.92. The second-order valence-electron chi connectivity index (χ2n) is 21.7. The van der Waals surface area contributed by atoms with E-state index in [0.29, 0.717) is 25.9 Å². The number of allylic oxidation sites excluding steroid dienone is 6. The average Bonchev–Trinajstić information content (AvgIpc) is 3.37. The molecular weight excluding hydrogens is 875 g/mol. The minimum absolute atomic E-state index is 0.00969. The highest BCUT2D eigenvalue weighted by Gasteiger charge is 2.20. The largest absolute Gasteiger partial charge is 0.466 e. The molecule has 0 aliphatic carbocycles. The van der Waals surface area contributed by atoms with E-state index >= 15 is 0 Å². The summed E-state index contributed by atoms with van der Waals surface area (Å²) < 4.78 is 5.50. The van der Waals surface area contributed by atoms with Gasteiger partial charge in [-0.15, -0.1) is 0 Å². The summed E-state index contributed by atoms with van der Waals surface area (Å²) in [5.41, 5.74) is 0. The number of esters is 1. The van der Waals surface area contributed by atoms with Crippen molar-refractivity contribution in [2.24, 2.45) is 0 Å². The Bertz CT molecular complexity index is 1150. The maximum atomic E-state index is 12.4. The van der Waals surface area contributed by atoms with Crippen molar-refractivity contribution in [3.63, 3.8) is 0 Å². The number of amides is 1. The van der Waals surface area contributed by atoms with E-state index in [4.69, 9.17) is 4.74 Å². The molecule has 0 bridgehead atoms. The quantitative estimate of drug-likeness (QED) is 0.0321. The predicted molar refractivity (Wildman–Crippen MR) is 310 cm³/mol. The van der Waals surface area contributed by atoms with Crippen molar-refractivity contribution < 1.29 is 24.5 Å². The summed E-state index contributed by atoms with van der Waals surface area (Å²) in [7, 11) is 0. The number of unbranched alkanes of at least 4 members (excludes halogenated alkanes) is 42. The van der Waals surface area contributed by atoms with Crippen LogP contribution in [-0.4, -0.2) is 47.4 Å². The van der Waals surface area contributed by atoms with E-state index in [9.17, 15) is 19.8 Å². The van der Waals surface area contributed by atoms with Crippen molar-refractivity contribution in [2.45, 2.75) is 353 Å². The molecule has 0 spiro atoms. The topological polar surface area (TPSA) is 95.9 Å². The third-order valence-corrected chi connectivity index (χ3v) is 14.7. The van der Waals surface area contributed by atoms with Crippen molar-refractivity contribution in [1.29, 1.82) is 0 Å². The van der Waals surface area contributed by atoms with E-state index in [1.165, 1.54) is 257 Å². The maximum Gasteiger partial charge on any atom is 0.305 e. The molecule has 6 heteroatoms. The first-order chi connectivity index (χ1) is 35.0. The fraction of sp³-hybridized carbons (Fsp3) is 0.877. The monoisotopic (exact) mass is 998 g/mol. The van der Waals surface area contributed by atoms with Gasteiger partial charge in [-0.1, -0.05) is 281 Å². The fourth-order valence-corrected chi connectivity index (χ4v) is 9.78. The summed E-state index contributed by atoms with van der Waals surface area (Å²) in [4.78, 5) is 24.5. The third-order valence-electron chi connectivity index (χ3n) is 14.7. The van der Waals surface area contributed by atoms with Crippen LogP contribution in [-0.2, 0) is 14.3 Å². The molecule has 0 aliphatic rings. The highest BCUT2D eigenvalue weighted by Crippen LogP contribution is 2.17. The zero-order chi connectivity index (χ0) is 51.4. The number of hydrogen-bond acceptors (Lipinski definition) is 5. The smallest absolute Gasteiger partial charge is 0.305 e. The number of ether oxygens (including phenoxy) is 1. The van der Waals surface area contributed by atoms with Gasteiger partial charge in [-0.2, -0.15) is 0 Å². The highest BCUT2D eigenvalue weighted by atomic mass is 16.5.